The van der Waals surface area contributed by atoms with E-state index >= 15 is 0 Å². The number of rotatable bonds is 1. The Balaban J connectivity index is 1.48. The molecule has 4 bridgehead atoms. The molecule has 11 nitrogen and oxygen atoms in total. The van der Waals surface area contributed by atoms with Crippen LogP contribution in [-0.4, -0.2) is 65.6 Å². The summed E-state index contributed by atoms with van der Waals surface area (Å²) in [5, 5.41) is 11.1. The number of hydrogen-bond acceptors (Lipinski definition) is 8. The van der Waals surface area contributed by atoms with Gasteiger partial charge in [-0.25, -0.2) is 13.9 Å². The summed E-state index contributed by atoms with van der Waals surface area (Å²) in [6.07, 6.45) is 6.83. The normalized spacial score (nSPS) is 19.6. The molecule has 0 saturated carbocycles. The smallest absolute Gasteiger partial charge is 0.258 e. The maximum Gasteiger partial charge on any atom is 0.258 e. The van der Waals surface area contributed by atoms with E-state index in [0.717, 1.165) is 29.4 Å². The summed E-state index contributed by atoms with van der Waals surface area (Å²) in [7, 11) is -0.494. The zero-order chi connectivity index (χ0) is 26.6. The number of amides is 1. The van der Waals surface area contributed by atoms with Gasteiger partial charge in [0.05, 0.1) is 34.2 Å². The maximum atomic E-state index is 13.5. The molecule has 198 valence electrons. The van der Waals surface area contributed by atoms with E-state index in [4.69, 9.17) is 9.72 Å². The summed E-state index contributed by atoms with van der Waals surface area (Å²) >= 11 is 0. The second kappa shape index (κ2) is 9.21. The lowest BCUT2D eigenvalue weighted by Gasteiger charge is -2.18. The second-order valence-electron chi connectivity index (χ2n) is 10.3. The van der Waals surface area contributed by atoms with Gasteiger partial charge in [-0.05, 0) is 50.1 Å². The Kier molecular flexibility index (Phi) is 5.95. The first-order chi connectivity index (χ1) is 18.1. The van der Waals surface area contributed by atoms with E-state index in [9.17, 15) is 9.00 Å². The number of fused-ring (bicyclic) bond motifs is 9. The fourth-order valence-electron chi connectivity index (χ4n) is 5.16. The average Bonchev–Trinajstić information content (AvgIpc) is 3.54. The molecule has 1 amide bonds. The third-order valence-corrected chi connectivity index (χ3v) is 7.47. The molecule has 2 atom stereocenters. The average molecular weight is 535 g/mol. The number of anilines is 1. The predicted molar refractivity (Wildman–Crippen MR) is 146 cm³/mol. The summed E-state index contributed by atoms with van der Waals surface area (Å²) in [5.74, 6) is 0.778. The first-order valence-corrected chi connectivity index (χ1v) is 14.8. The van der Waals surface area contributed by atoms with Crippen LogP contribution in [0.1, 0.15) is 28.9 Å². The van der Waals surface area contributed by atoms with Gasteiger partial charge in [0.1, 0.15) is 6.61 Å². The van der Waals surface area contributed by atoms with Crippen LogP contribution in [-0.2, 0) is 23.3 Å². The minimum atomic E-state index is -2.33. The molecule has 4 aromatic rings. The number of hydrogen-bond donors (Lipinski definition) is 2. The molecule has 2 aliphatic rings. The van der Waals surface area contributed by atoms with Crippen LogP contribution in [0, 0.1) is 6.92 Å². The fourth-order valence-corrected chi connectivity index (χ4v) is 5.79. The van der Waals surface area contributed by atoms with Crippen molar-refractivity contribution in [2.45, 2.75) is 38.4 Å². The van der Waals surface area contributed by atoms with E-state index in [-0.39, 0.29) is 18.0 Å². The summed E-state index contributed by atoms with van der Waals surface area (Å²) in [4.78, 5) is 22.9. The predicted octanol–water partition coefficient (Wildman–Crippen LogP) is 3.26. The van der Waals surface area contributed by atoms with E-state index in [1.165, 1.54) is 0 Å². The third-order valence-electron chi connectivity index (χ3n) is 6.82. The molecular formula is C26H30N8O3S. The van der Waals surface area contributed by atoms with Crippen molar-refractivity contribution in [3.8, 4) is 17.1 Å². The van der Waals surface area contributed by atoms with Crippen LogP contribution < -0.4 is 15.4 Å². The van der Waals surface area contributed by atoms with Gasteiger partial charge in [0, 0.05) is 59.2 Å². The van der Waals surface area contributed by atoms with Crippen LogP contribution >= 0.6 is 0 Å². The van der Waals surface area contributed by atoms with Crippen LogP contribution in [0.25, 0.3) is 22.3 Å². The zero-order valence-corrected chi connectivity index (χ0v) is 22.6. The van der Waals surface area contributed by atoms with Gasteiger partial charge in [-0.2, -0.15) is 9.46 Å². The third kappa shape index (κ3) is 4.76. The second-order valence-corrected chi connectivity index (χ2v) is 12.8. The number of carbonyl (C=O) groups excluding carboxylic acids is 1. The number of imidazole rings is 1. The molecule has 1 aromatic carbocycles. The van der Waals surface area contributed by atoms with Crippen LogP contribution in [0.4, 0.5) is 11.6 Å². The number of aryl methyl sites for hydroxylation is 2. The molecule has 0 radical (unpaired) electrons. The first-order valence-electron chi connectivity index (χ1n) is 12.5. The van der Waals surface area contributed by atoms with Crippen molar-refractivity contribution in [3.63, 3.8) is 0 Å². The van der Waals surface area contributed by atoms with E-state index in [1.54, 1.807) is 41.6 Å². The van der Waals surface area contributed by atoms with Crippen LogP contribution in [0.5, 0.6) is 5.88 Å². The number of carbonyl (C=O) groups is 1. The van der Waals surface area contributed by atoms with Gasteiger partial charge in [0.2, 0.25) is 11.8 Å². The molecule has 1 saturated heterocycles. The summed E-state index contributed by atoms with van der Waals surface area (Å²) < 4.78 is 26.7. The molecule has 12 heteroatoms. The minimum Gasteiger partial charge on any atom is -0.476 e. The number of pyridine rings is 1. The monoisotopic (exact) mass is 534 g/mol. The summed E-state index contributed by atoms with van der Waals surface area (Å²) in [5.41, 5.74) is 4.68. The summed E-state index contributed by atoms with van der Waals surface area (Å²) in [6.45, 7) is 2.94. The van der Waals surface area contributed by atoms with Gasteiger partial charge in [0.15, 0.2) is 0 Å². The minimum absolute atomic E-state index is 0.153. The number of benzene rings is 1. The molecule has 6 rings (SSSR count). The van der Waals surface area contributed by atoms with Gasteiger partial charge < -0.3 is 14.6 Å². The number of nitrogens with zero attached hydrogens (tertiary/aromatic N) is 6. The van der Waals surface area contributed by atoms with Crippen molar-refractivity contribution in [3.05, 3.63) is 47.8 Å². The van der Waals surface area contributed by atoms with Gasteiger partial charge in [-0.15, -0.1) is 0 Å². The maximum absolute atomic E-state index is 13.5. The number of aromatic nitrogens is 5. The number of ether oxygens (including phenoxy) is 1. The molecule has 2 N–H and O–H groups in total. The number of nitrogens with one attached hydrogen (secondary N) is 2. The van der Waals surface area contributed by atoms with E-state index in [2.05, 4.69) is 25.1 Å². The molecule has 2 aliphatic heterocycles. The Morgan fingerprint density at radius 2 is 1.95 bits per heavy atom. The Hall–Kier alpha value is -3.77. The van der Waals surface area contributed by atoms with Crippen LogP contribution in [0.3, 0.4) is 0 Å². The topological polar surface area (TPSA) is 128 Å². The molecule has 3 aromatic heterocycles. The lowest BCUT2D eigenvalue weighted by Crippen LogP contribution is -2.36. The van der Waals surface area contributed by atoms with Crippen molar-refractivity contribution in [2.75, 3.05) is 24.4 Å². The van der Waals surface area contributed by atoms with Crippen molar-refractivity contribution < 1.29 is 13.7 Å². The van der Waals surface area contributed by atoms with Crippen molar-refractivity contribution >= 4 is 38.3 Å². The van der Waals surface area contributed by atoms with E-state index in [1.807, 2.05) is 30.7 Å². The summed E-state index contributed by atoms with van der Waals surface area (Å²) in [6, 6.07) is 9.35. The highest BCUT2D eigenvalue weighted by molar-refractivity contribution is 7.92. The van der Waals surface area contributed by atoms with Crippen LogP contribution in [0.15, 0.2) is 40.9 Å². The molecule has 38 heavy (non-hydrogen) atoms. The Bertz CT molecular complexity index is 1690. The highest BCUT2D eigenvalue weighted by atomic mass is 32.2. The quantitative estimate of drug-likeness (QED) is 0.384. The molecular weight excluding hydrogens is 504 g/mol. The molecule has 0 aliphatic carbocycles. The lowest BCUT2D eigenvalue weighted by molar-refractivity contribution is 0.102. The lowest BCUT2D eigenvalue weighted by atomic mass is 10.1. The van der Waals surface area contributed by atoms with Gasteiger partial charge in [-0.1, -0.05) is 0 Å². The Morgan fingerprint density at radius 1 is 1.13 bits per heavy atom. The molecule has 0 unspecified atom stereocenters. The van der Waals surface area contributed by atoms with Gasteiger partial charge in [0.25, 0.3) is 5.91 Å². The fraction of sp³-hybridized carbons (Fsp3) is 0.385. The molecule has 0 spiro atoms. The molecule has 1 fully saturated rings. The largest absolute Gasteiger partial charge is 0.476 e. The van der Waals surface area contributed by atoms with Crippen molar-refractivity contribution in [1.29, 1.82) is 0 Å². The molecule has 5 heterocycles. The SMILES string of the molecule is Cc1cc2cc(n1)-c1cnn(C)c1OC[C@H]1CC[C@@H](Cn3c(nc4ccc(N=S(C)(C)=O)cc43)NC2=O)N1. The zero-order valence-electron chi connectivity index (χ0n) is 21.8. The standard InChI is InChI=1S/C26H30N8O3S/c1-15-9-16-10-22(28-15)20-12-27-33(2)25(20)37-14-19-6-5-18(29-19)13-34-23-11-17(32-38(3,4)36)7-8-21(23)30-26(34)31-24(16)35/h7-12,18-19,29H,5-6,13-14H2,1-4H3,(H,30,31,35)/t18-,19+/m0/s1. The van der Waals surface area contributed by atoms with Crippen molar-refractivity contribution in [1.82, 2.24) is 29.6 Å². The van der Waals surface area contributed by atoms with E-state index < -0.39 is 9.73 Å². The first kappa shape index (κ1) is 24.6. The van der Waals surface area contributed by atoms with Crippen molar-refractivity contribution in [2.24, 2.45) is 11.4 Å². The highest BCUT2D eigenvalue weighted by Gasteiger charge is 2.28. The van der Waals surface area contributed by atoms with E-state index in [0.29, 0.717) is 47.6 Å². The van der Waals surface area contributed by atoms with Crippen LogP contribution in [0.2, 0.25) is 0 Å². The van der Waals surface area contributed by atoms with Gasteiger partial charge in [-0.3, -0.25) is 15.1 Å². The highest BCUT2D eigenvalue weighted by Crippen LogP contribution is 2.31. The van der Waals surface area contributed by atoms with Gasteiger partial charge >= 0.3 is 0 Å². The Labute approximate surface area is 220 Å². The Morgan fingerprint density at radius 3 is 2.76 bits per heavy atom.